The Bertz CT molecular complexity index is 587. The van der Waals surface area contributed by atoms with E-state index in [1.54, 1.807) is 6.92 Å². The summed E-state index contributed by atoms with van der Waals surface area (Å²) in [6.07, 6.45) is 9.33. The molecule has 140 valence electrons. The topological polar surface area (TPSA) is 46.2 Å². The minimum Gasteiger partial charge on any atom is -0.353 e. The van der Waals surface area contributed by atoms with E-state index >= 15 is 0 Å². The molecule has 4 aliphatic rings. The van der Waals surface area contributed by atoms with Crippen molar-refractivity contribution in [2.75, 3.05) is 0 Å². The fourth-order valence-electron chi connectivity index (χ4n) is 7.85. The number of amides is 1. The van der Waals surface area contributed by atoms with Crippen molar-refractivity contribution in [1.29, 1.82) is 0 Å². The Kier molecular flexibility index (Phi) is 4.09. The summed E-state index contributed by atoms with van der Waals surface area (Å²) < 4.78 is 0. The minimum atomic E-state index is 0.215. The second-order valence-electron chi connectivity index (χ2n) is 10.2. The molecule has 0 aromatic heterocycles. The summed E-state index contributed by atoms with van der Waals surface area (Å²) in [5.41, 5.74) is 0.649. The number of hydrogen-bond donors (Lipinski definition) is 1. The molecular weight excluding hydrogens is 310 g/mol. The number of nitrogens with one attached hydrogen (secondary N) is 1. The second kappa shape index (κ2) is 5.82. The zero-order chi connectivity index (χ0) is 18.0. The molecule has 0 aromatic rings. The summed E-state index contributed by atoms with van der Waals surface area (Å²) in [6, 6.07) is 0.396. The van der Waals surface area contributed by atoms with Gasteiger partial charge >= 0.3 is 0 Å². The Hall–Kier alpha value is -0.860. The van der Waals surface area contributed by atoms with Gasteiger partial charge in [0.15, 0.2) is 0 Å². The second-order valence-corrected chi connectivity index (χ2v) is 10.2. The van der Waals surface area contributed by atoms with Crippen molar-refractivity contribution < 1.29 is 9.59 Å². The molecule has 8 atom stereocenters. The van der Waals surface area contributed by atoms with E-state index in [0.717, 1.165) is 30.6 Å². The summed E-state index contributed by atoms with van der Waals surface area (Å²) in [6.45, 7) is 8.91. The molecule has 0 spiro atoms. The van der Waals surface area contributed by atoms with Crippen molar-refractivity contribution in [1.82, 2.24) is 5.32 Å². The predicted octanol–water partition coefficient (Wildman–Crippen LogP) is 4.35. The average Bonchev–Trinajstić information content (AvgIpc) is 2.92. The molecule has 3 nitrogen and oxygen atoms in total. The standard InChI is InChI=1S/C22H35NO2/c1-13(14(2)24)16-6-7-17-15-5-8-19-22(4,12-10-20(25)23-19)18(15)9-11-21(16,17)3/h13,15-19H,5-12H2,1-4H3,(H,23,25). The lowest BCUT2D eigenvalue weighted by Crippen LogP contribution is -2.61. The molecule has 0 bridgehead atoms. The molecule has 1 amide bonds. The zero-order valence-corrected chi connectivity index (χ0v) is 16.4. The lowest BCUT2D eigenvalue weighted by Gasteiger charge is -2.60. The van der Waals surface area contributed by atoms with E-state index in [2.05, 4.69) is 26.1 Å². The van der Waals surface area contributed by atoms with Gasteiger partial charge in [-0.25, -0.2) is 0 Å². The number of fused-ring (bicyclic) bond motifs is 5. The molecule has 1 N–H and O–H groups in total. The van der Waals surface area contributed by atoms with E-state index in [1.807, 2.05) is 0 Å². The first-order valence-corrected chi connectivity index (χ1v) is 10.6. The van der Waals surface area contributed by atoms with Gasteiger partial charge in [-0.15, -0.1) is 0 Å². The predicted molar refractivity (Wildman–Crippen MR) is 98.9 cm³/mol. The molecule has 3 heteroatoms. The van der Waals surface area contributed by atoms with Gasteiger partial charge in [-0.05, 0) is 86.4 Å². The Morgan fingerprint density at radius 2 is 1.76 bits per heavy atom. The summed E-state index contributed by atoms with van der Waals surface area (Å²) >= 11 is 0. The van der Waals surface area contributed by atoms with E-state index in [-0.39, 0.29) is 11.8 Å². The van der Waals surface area contributed by atoms with E-state index in [4.69, 9.17) is 0 Å². The molecule has 1 aliphatic heterocycles. The first-order chi connectivity index (χ1) is 11.8. The molecule has 8 unspecified atom stereocenters. The maximum absolute atomic E-state index is 12.1. The van der Waals surface area contributed by atoms with Crippen molar-refractivity contribution in [3.05, 3.63) is 0 Å². The van der Waals surface area contributed by atoms with Gasteiger partial charge < -0.3 is 5.32 Å². The molecule has 3 saturated carbocycles. The number of ketones is 1. The summed E-state index contributed by atoms with van der Waals surface area (Å²) in [5.74, 6) is 3.78. The number of rotatable bonds is 2. The van der Waals surface area contributed by atoms with E-state index < -0.39 is 0 Å². The summed E-state index contributed by atoms with van der Waals surface area (Å²) in [5, 5.41) is 3.32. The van der Waals surface area contributed by atoms with E-state index in [1.165, 1.54) is 32.1 Å². The normalized spacial score (nSPS) is 50.2. The Morgan fingerprint density at radius 3 is 2.48 bits per heavy atom. The maximum Gasteiger partial charge on any atom is 0.220 e. The molecule has 25 heavy (non-hydrogen) atoms. The Labute approximate surface area is 152 Å². The van der Waals surface area contributed by atoms with Crippen LogP contribution in [0.5, 0.6) is 0 Å². The van der Waals surface area contributed by atoms with Gasteiger partial charge in [0.05, 0.1) is 0 Å². The average molecular weight is 346 g/mol. The molecular formula is C22H35NO2. The van der Waals surface area contributed by atoms with Gasteiger partial charge in [0.1, 0.15) is 5.78 Å². The highest BCUT2D eigenvalue weighted by atomic mass is 16.1. The van der Waals surface area contributed by atoms with Crippen LogP contribution in [0.25, 0.3) is 0 Å². The highest BCUT2D eigenvalue weighted by molar-refractivity contribution is 5.78. The van der Waals surface area contributed by atoms with Crippen molar-refractivity contribution in [3.63, 3.8) is 0 Å². The monoisotopic (exact) mass is 345 g/mol. The molecule has 4 rings (SSSR count). The third-order valence-electron chi connectivity index (χ3n) is 9.41. The highest BCUT2D eigenvalue weighted by Crippen LogP contribution is 2.66. The lowest BCUT2D eigenvalue weighted by molar-refractivity contribution is -0.138. The number of carbonyl (C=O) groups is 2. The third kappa shape index (κ3) is 2.44. The van der Waals surface area contributed by atoms with Crippen LogP contribution in [0.15, 0.2) is 0 Å². The van der Waals surface area contributed by atoms with Crippen LogP contribution in [0.4, 0.5) is 0 Å². The quantitative estimate of drug-likeness (QED) is 0.809. The highest BCUT2D eigenvalue weighted by Gasteiger charge is 2.61. The molecule has 1 saturated heterocycles. The van der Waals surface area contributed by atoms with Crippen molar-refractivity contribution >= 4 is 11.7 Å². The van der Waals surface area contributed by atoms with Crippen molar-refractivity contribution in [2.24, 2.45) is 40.4 Å². The van der Waals surface area contributed by atoms with Gasteiger partial charge in [-0.3, -0.25) is 9.59 Å². The van der Waals surface area contributed by atoms with Crippen LogP contribution in [0.3, 0.4) is 0 Å². The zero-order valence-electron chi connectivity index (χ0n) is 16.4. The van der Waals surface area contributed by atoms with E-state index in [0.29, 0.717) is 35.0 Å². The van der Waals surface area contributed by atoms with Crippen LogP contribution in [0.2, 0.25) is 0 Å². The maximum atomic E-state index is 12.1. The van der Waals surface area contributed by atoms with Crippen LogP contribution < -0.4 is 5.32 Å². The fourth-order valence-corrected chi connectivity index (χ4v) is 7.85. The lowest BCUT2D eigenvalue weighted by atomic mass is 9.46. The number of carbonyl (C=O) groups excluding carboxylic acids is 2. The summed E-state index contributed by atoms with van der Waals surface area (Å²) in [4.78, 5) is 24.0. The van der Waals surface area contributed by atoms with Gasteiger partial charge in [-0.2, -0.15) is 0 Å². The summed E-state index contributed by atoms with van der Waals surface area (Å²) in [7, 11) is 0. The molecule has 0 radical (unpaired) electrons. The van der Waals surface area contributed by atoms with E-state index in [9.17, 15) is 9.59 Å². The van der Waals surface area contributed by atoms with Gasteiger partial charge in [-0.1, -0.05) is 20.8 Å². The molecule has 3 aliphatic carbocycles. The van der Waals surface area contributed by atoms with Crippen LogP contribution in [-0.4, -0.2) is 17.7 Å². The molecule has 0 aromatic carbocycles. The first-order valence-electron chi connectivity index (χ1n) is 10.6. The van der Waals surface area contributed by atoms with Crippen molar-refractivity contribution in [2.45, 2.75) is 85.1 Å². The number of Topliss-reactive ketones (excluding diaryl/α,β-unsaturated/α-hetero) is 1. The smallest absolute Gasteiger partial charge is 0.220 e. The van der Waals surface area contributed by atoms with Crippen LogP contribution in [0, 0.1) is 40.4 Å². The first kappa shape index (κ1) is 17.5. The van der Waals surface area contributed by atoms with Gasteiger partial charge in [0, 0.05) is 18.4 Å². The third-order valence-corrected chi connectivity index (χ3v) is 9.41. The minimum absolute atomic E-state index is 0.215. The Balaban J connectivity index is 1.60. The number of hydrogen-bond acceptors (Lipinski definition) is 2. The largest absolute Gasteiger partial charge is 0.353 e. The fraction of sp³-hybridized carbons (Fsp3) is 0.909. The molecule has 1 heterocycles. The number of piperidine rings is 1. The van der Waals surface area contributed by atoms with Gasteiger partial charge in [0.2, 0.25) is 5.91 Å². The SMILES string of the molecule is CC(=O)C(C)C1CCC2C3CCC4NC(=O)CCC4(C)C3CCC12C. The van der Waals surface area contributed by atoms with Crippen LogP contribution >= 0.6 is 0 Å². The van der Waals surface area contributed by atoms with Crippen LogP contribution in [-0.2, 0) is 9.59 Å². The van der Waals surface area contributed by atoms with Crippen molar-refractivity contribution in [3.8, 4) is 0 Å². The molecule has 4 fully saturated rings. The Morgan fingerprint density at radius 1 is 1.04 bits per heavy atom. The van der Waals surface area contributed by atoms with Gasteiger partial charge in [0.25, 0.3) is 0 Å². The van der Waals surface area contributed by atoms with Crippen LogP contribution in [0.1, 0.15) is 79.1 Å².